The third kappa shape index (κ3) is 2.23. The highest BCUT2D eigenvalue weighted by molar-refractivity contribution is 5.44. The lowest BCUT2D eigenvalue weighted by molar-refractivity contribution is 0.0488. The zero-order valence-electron chi connectivity index (χ0n) is 12.6. The number of rotatable bonds is 2. The molecule has 0 spiro atoms. The molecule has 0 bridgehead atoms. The quantitative estimate of drug-likeness (QED) is 0.902. The fourth-order valence-corrected chi connectivity index (χ4v) is 3.80. The largest absolute Gasteiger partial charge is 0.493 e. The third-order valence-corrected chi connectivity index (χ3v) is 5.06. The molecule has 1 aromatic rings. The van der Waals surface area contributed by atoms with Gasteiger partial charge in [0.2, 0.25) is 0 Å². The maximum atomic E-state index is 6.61. The van der Waals surface area contributed by atoms with E-state index < -0.39 is 0 Å². The second-order valence-electron chi connectivity index (χ2n) is 6.30. The van der Waals surface area contributed by atoms with E-state index in [9.17, 15) is 0 Å². The van der Waals surface area contributed by atoms with Gasteiger partial charge in [0.15, 0.2) is 0 Å². The molecule has 0 radical (unpaired) electrons. The van der Waals surface area contributed by atoms with Crippen molar-refractivity contribution in [3.8, 4) is 5.75 Å². The van der Waals surface area contributed by atoms with Crippen molar-refractivity contribution >= 4 is 0 Å². The standard InChI is InChI=1S/C17H25NO2/c1-10-11(2)20-12(3)15(10)16(18)14-8-4-6-13-7-5-9-19-17(13)14/h4,6,8,10-12,15-16H,5,7,9,18H2,1-3H3. The van der Waals surface area contributed by atoms with Crippen LogP contribution >= 0.6 is 0 Å². The minimum absolute atomic E-state index is 0.0157. The predicted molar refractivity (Wildman–Crippen MR) is 79.8 cm³/mol. The minimum Gasteiger partial charge on any atom is -0.493 e. The van der Waals surface area contributed by atoms with Crippen LogP contribution in [0.4, 0.5) is 0 Å². The summed E-state index contributed by atoms with van der Waals surface area (Å²) in [5, 5.41) is 0. The molecule has 1 fully saturated rings. The molecule has 0 amide bonds. The smallest absolute Gasteiger partial charge is 0.127 e. The van der Waals surface area contributed by atoms with Gasteiger partial charge in [0, 0.05) is 17.5 Å². The topological polar surface area (TPSA) is 44.5 Å². The second kappa shape index (κ2) is 5.38. The summed E-state index contributed by atoms with van der Waals surface area (Å²) in [6.45, 7) is 7.33. The van der Waals surface area contributed by atoms with Crippen LogP contribution in [0.15, 0.2) is 18.2 Å². The van der Waals surface area contributed by atoms with E-state index in [-0.39, 0.29) is 18.2 Å². The number of ether oxygens (including phenoxy) is 2. The first kappa shape index (κ1) is 13.9. The van der Waals surface area contributed by atoms with Crippen LogP contribution in [-0.4, -0.2) is 18.8 Å². The van der Waals surface area contributed by atoms with Crippen LogP contribution in [0, 0.1) is 11.8 Å². The maximum Gasteiger partial charge on any atom is 0.127 e. The molecule has 110 valence electrons. The number of benzene rings is 1. The SMILES string of the molecule is CC1OC(C)C(C(N)c2cccc3c2OCCC3)C1C. The molecule has 1 aromatic carbocycles. The van der Waals surface area contributed by atoms with Crippen LogP contribution in [0.2, 0.25) is 0 Å². The normalized spacial score (nSPS) is 34.4. The van der Waals surface area contributed by atoms with Gasteiger partial charge in [-0.2, -0.15) is 0 Å². The number of aryl methyl sites for hydroxylation is 1. The van der Waals surface area contributed by atoms with Crippen molar-refractivity contribution in [2.45, 2.75) is 51.9 Å². The minimum atomic E-state index is -0.0157. The summed E-state index contributed by atoms with van der Waals surface area (Å²) in [7, 11) is 0. The van der Waals surface area contributed by atoms with Gasteiger partial charge in [-0.25, -0.2) is 0 Å². The van der Waals surface area contributed by atoms with E-state index in [0.29, 0.717) is 11.8 Å². The average Bonchev–Trinajstić information content (AvgIpc) is 2.71. The second-order valence-corrected chi connectivity index (χ2v) is 6.30. The molecule has 2 heterocycles. The van der Waals surface area contributed by atoms with Crippen LogP contribution in [-0.2, 0) is 11.2 Å². The Morgan fingerprint density at radius 2 is 2.00 bits per heavy atom. The lowest BCUT2D eigenvalue weighted by Gasteiger charge is -2.29. The van der Waals surface area contributed by atoms with E-state index >= 15 is 0 Å². The predicted octanol–water partition coefficient (Wildman–Crippen LogP) is 3.07. The highest BCUT2D eigenvalue weighted by Gasteiger charge is 2.41. The lowest BCUT2D eigenvalue weighted by Crippen LogP contribution is -2.31. The zero-order valence-corrected chi connectivity index (χ0v) is 12.6. The number of hydrogen-bond donors (Lipinski definition) is 1. The first-order valence-corrected chi connectivity index (χ1v) is 7.75. The molecule has 0 aliphatic carbocycles. The van der Waals surface area contributed by atoms with E-state index in [0.717, 1.165) is 30.8 Å². The third-order valence-electron chi connectivity index (χ3n) is 5.06. The first-order valence-electron chi connectivity index (χ1n) is 7.75. The molecule has 2 N–H and O–H groups in total. The summed E-state index contributed by atoms with van der Waals surface area (Å²) in [6.07, 6.45) is 2.68. The van der Waals surface area contributed by atoms with Gasteiger partial charge in [0.1, 0.15) is 5.75 Å². The van der Waals surface area contributed by atoms with E-state index in [4.69, 9.17) is 15.2 Å². The number of nitrogens with two attached hydrogens (primary N) is 1. The molecule has 20 heavy (non-hydrogen) atoms. The van der Waals surface area contributed by atoms with E-state index in [2.05, 4.69) is 39.0 Å². The zero-order chi connectivity index (χ0) is 14.3. The summed E-state index contributed by atoms with van der Waals surface area (Å²) in [4.78, 5) is 0. The summed E-state index contributed by atoms with van der Waals surface area (Å²) >= 11 is 0. The van der Waals surface area contributed by atoms with Crippen LogP contribution < -0.4 is 10.5 Å². The van der Waals surface area contributed by atoms with Gasteiger partial charge in [-0.05, 0) is 38.2 Å². The molecule has 0 saturated carbocycles. The van der Waals surface area contributed by atoms with Crippen LogP contribution in [0.1, 0.15) is 44.4 Å². The Balaban J connectivity index is 1.93. The van der Waals surface area contributed by atoms with Gasteiger partial charge in [0.05, 0.1) is 18.8 Å². The summed E-state index contributed by atoms with van der Waals surface area (Å²) in [6, 6.07) is 6.37. The molecule has 2 aliphatic heterocycles. The summed E-state index contributed by atoms with van der Waals surface area (Å²) in [5.74, 6) is 1.85. The summed E-state index contributed by atoms with van der Waals surface area (Å²) < 4.78 is 11.9. The van der Waals surface area contributed by atoms with E-state index in [1.54, 1.807) is 0 Å². The molecule has 3 nitrogen and oxygen atoms in total. The van der Waals surface area contributed by atoms with E-state index in [1.165, 1.54) is 5.56 Å². The van der Waals surface area contributed by atoms with Crippen molar-refractivity contribution in [3.63, 3.8) is 0 Å². The molecule has 3 heteroatoms. The molecule has 2 aliphatic rings. The lowest BCUT2D eigenvalue weighted by atomic mass is 9.80. The van der Waals surface area contributed by atoms with Gasteiger partial charge < -0.3 is 15.2 Å². The Labute approximate surface area is 121 Å². The van der Waals surface area contributed by atoms with Crippen LogP contribution in [0.25, 0.3) is 0 Å². The van der Waals surface area contributed by atoms with Crippen molar-refractivity contribution in [1.82, 2.24) is 0 Å². The molecular weight excluding hydrogens is 250 g/mol. The van der Waals surface area contributed by atoms with Gasteiger partial charge in [-0.15, -0.1) is 0 Å². The maximum absolute atomic E-state index is 6.61. The van der Waals surface area contributed by atoms with Crippen LogP contribution in [0.5, 0.6) is 5.75 Å². The fourth-order valence-electron chi connectivity index (χ4n) is 3.80. The number of para-hydroxylation sites is 1. The van der Waals surface area contributed by atoms with Crippen molar-refractivity contribution < 1.29 is 9.47 Å². The molecule has 0 aromatic heterocycles. The van der Waals surface area contributed by atoms with Crippen LogP contribution in [0.3, 0.4) is 0 Å². The Hall–Kier alpha value is -1.06. The molecule has 5 atom stereocenters. The molecule has 3 rings (SSSR count). The van der Waals surface area contributed by atoms with Gasteiger partial charge in [0.25, 0.3) is 0 Å². The Morgan fingerprint density at radius 1 is 1.20 bits per heavy atom. The molecule has 5 unspecified atom stereocenters. The number of fused-ring (bicyclic) bond motifs is 1. The van der Waals surface area contributed by atoms with Gasteiger partial charge in [-0.1, -0.05) is 25.1 Å². The van der Waals surface area contributed by atoms with Crippen molar-refractivity contribution in [1.29, 1.82) is 0 Å². The molecular formula is C17H25NO2. The Morgan fingerprint density at radius 3 is 2.70 bits per heavy atom. The van der Waals surface area contributed by atoms with E-state index in [1.807, 2.05) is 0 Å². The summed E-state index contributed by atoms with van der Waals surface area (Å²) in [5.41, 5.74) is 9.07. The Bertz CT molecular complexity index is 488. The first-order chi connectivity index (χ1) is 9.59. The monoisotopic (exact) mass is 275 g/mol. The van der Waals surface area contributed by atoms with Gasteiger partial charge in [-0.3, -0.25) is 0 Å². The van der Waals surface area contributed by atoms with Crippen molar-refractivity contribution in [2.75, 3.05) is 6.61 Å². The average molecular weight is 275 g/mol. The van der Waals surface area contributed by atoms with Crippen molar-refractivity contribution in [3.05, 3.63) is 29.3 Å². The Kier molecular flexibility index (Phi) is 3.74. The fraction of sp³-hybridized carbons (Fsp3) is 0.647. The number of hydrogen-bond acceptors (Lipinski definition) is 3. The highest BCUT2D eigenvalue weighted by Crippen LogP contribution is 2.43. The molecule has 1 saturated heterocycles. The highest BCUT2D eigenvalue weighted by atomic mass is 16.5. The van der Waals surface area contributed by atoms with Crippen molar-refractivity contribution in [2.24, 2.45) is 17.6 Å². The van der Waals surface area contributed by atoms with Gasteiger partial charge >= 0.3 is 0 Å².